The van der Waals surface area contributed by atoms with E-state index in [0.717, 1.165) is 0 Å². The monoisotopic (exact) mass is 286 g/mol. The lowest BCUT2D eigenvalue weighted by Gasteiger charge is -2.04. The molecular formula is C10H14N4O4S. The van der Waals surface area contributed by atoms with Crippen LogP contribution < -0.4 is 4.72 Å². The number of aliphatic hydroxyl groups is 1. The van der Waals surface area contributed by atoms with Crippen LogP contribution >= 0.6 is 0 Å². The first-order valence-electron chi connectivity index (χ1n) is 5.46. The van der Waals surface area contributed by atoms with E-state index in [0.29, 0.717) is 5.82 Å². The van der Waals surface area contributed by atoms with Crippen molar-refractivity contribution in [1.82, 2.24) is 19.5 Å². The van der Waals surface area contributed by atoms with E-state index in [9.17, 15) is 8.42 Å². The quantitative estimate of drug-likeness (QED) is 0.780. The number of aliphatic hydroxyl groups excluding tert-OH is 1. The molecule has 0 aromatic carbocycles. The van der Waals surface area contributed by atoms with Gasteiger partial charge in [-0.15, -0.1) is 10.2 Å². The number of hydrogen-bond donors (Lipinski definition) is 2. The second-order valence-electron chi connectivity index (χ2n) is 3.97. The Bertz CT molecular complexity index is 674. The van der Waals surface area contributed by atoms with E-state index < -0.39 is 10.0 Å². The number of aromatic nitrogens is 3. The minimum atomic E-state index is -3.71. The van der Waals surface area contributed by atoms with Crippen molar-refractivity contribution in [3.63, 3.8) is 0 Å². The lowest BCUT2D eigenvalue weighted by Crippen LogP contribution is -2.25. The summed E-state index contributed by atoms with van der Waals surface area (Å²) in [6, 6.07) is 1.30. The number of rotatable bonds is 5. The third kappa shape index (κ3) is 2.83. The average Bonchev–Trinajstić information content (AvgIpc) is 2.93. The van der Waals surface area contributed by atoms with Gasteiger partial charge in [0, 0.05) is 13.1 Å². The number of nitrogens with zero attached hydrogens (tertiary/aromatic N) is 3. The molecule has 0 saturated carbocycles. The van der Waals surface area contributed by atoms with Gasteiger partial charge in [-0.2, -0.15) is 0 Å². The highest BCUT2D eigenvalue weighted by atomic mass is 32.2. The fraction of sp³-hybridized carbons (Fsp3) is 0.400. The smallest absolute Gasteiger partial charge is 0.244 e. The second-order valence-corrected chi connectivity index (χ2v) is 5.71. The maximum absolute atomic E-state index is 12.1. The number of sulfonamides is 1. The molecule has 2 aromatic heterocycles. The van der Waals surface area contributed by atoms with E-state index in [4.69, 9.17) is 9.52 Å². The Morgan fingerprint density at radius 2 is 2.26 bits per heavy atom. The van der Waals surface area contributed by atoms with Crippen molar-refractivity contribution in [2.75, 3.05) is 0 Å². The molecule has 0 atom stereocenters. The molecule has 0 unspecified atom stereocenters. The zero-order valence-electron chi connectivity index (χ0n) is 10.5. The van der Waals surface area contributed by atoms with Crippen LogP contribution in [0.15, 0.2) is 21.7 Å². The Balaban J connectivity index is 2.18. The summed E-state index contributed by atoms with van der Waals surface area (Å²) in [7, 11) is -1.99. The standard InChI is InChI=1S/C10H14N4O4S/c1-7-9(3-8(5-15)18-7)19(16,17)12-4-10-13-11-6-14(10)2/h3,6,12,15H,4-5H2,1-2H3. The number of hydrogen-bond acceptors (Lipinski definition) is 6. The lowest BCUT2D eigenvalue weighted by atomic mass is 10.4. The molecular weight excluding hydrogens is 272 g/mol. The van der Waals surface area contributed by atoms with Gasteiger partial charge in [0.1, 0.15) is 35.2 Å². The summed E-state index contributed by atoms with van der Waals surface area (Å²) in [5.41, 5.74) is 0. The van der Waals surface area contributed by atoms with Crippen molar-refractivity contribution in [1.29, 1.82) is 0 Å². The van der Waals surface area contributed by atoms with Gasteiger partial charge in [0.15, 0.2) is 0 Å². The molecule has 0 spiro atoms. The summed E-state index contributed by atoms with van der Waals surface area (Å²) >= 11 is 0. The van der Waals surface area contributed by atoms with Crippen LogP contribution in [0.2, 0.25) is 0 Å². The number of furan rings is 1. The van der Waals surface area contributed by atoms with E-state index in [2.05, 4.69) is 14.9 Å². The van der Waals surface area contributed by atoms with Gasteiger partial charge in [0.05, 0.1) is 6.54 Å². The van der Waals surface area contributed by atoms with Crippen molar-refractivity contribution in [2.45, 2.75) is 25.0 Å². The van der Waals surface area contributed by atoms with Gasteiger partial charge in [-0.1, -0.05) is 0 Å². The predicted octanol–water partition coefficient (Wildman–Crippen LogP) is -0.313. The highest BCUT2D eigenvalue weighted by Gasteiger charge is 2.21. The number of nitrogens with one attached hydrogen (secondary N) is 1. The fourth-order valence-electron chi connectivity index (χ4n) is 1.57. The van der Waals surface area contributed by atoms with E-state index in [-0.39, 0.29) is 29.6 Å². The molecule has 0 bridgehead atoms. The van der Waals surface area contributed by atoms with Crippen LogP contribution in [0.25, 0.3) is 0 Å². The maximum Gasteiger partial charge on any atom is 0.244 e. The molecule has 19 heavy (non-hydrogen) atoms. The Hall–Kier alpha value is -1.71. The van der Waals surface area contributed by atoms with Gasteiger partial charge in [-0.3, -0.25) is 0 Å². The van der Waals surface area contributed by atoms with Gasteiger partial charge >= 0.3 is 0 Å². The van der Waals surface area contributed by atoms with Crippen LogP contribution in [0.1, 0.15) is 17.3 Å². The van der Waals surface area contributed by atoms with Gasteiger partial charge < -0.3 is 14.1 Å². The summed E-state index contributed by atoms with van der Waals surface area (Å²) in [4.78, 5) is 0.0127. The topological polar surface area (TPSA) is 110 Å². The Morgan fingerprint density at radius 3 is 2.79 bits per heavy atom. The van der Waals surface area contributed by atoms with E-state index in [1.165, 1.54) is 19.3 Å². The molecule has 2 rings (SSSR count). The first-order chi connectivity index (χ1) is 8.94. The van der Waals surface area contributed by atoms with Crippen LogP contribution in [0.4, 0.5) is 0 Å². The minimum absolute atomic E-state index is 0.0127. The molecule has 0 aliphatic heterocycles. The van der Waals surface area contributed by atoms with Crippen LogP contribution in [0.5, 0.6) is 0 Å². The zero-order chi connectivity index (χ0) is 14.0. The van der Waals surface area contributed by atoms with Gasteiger partial charge in [0.2, 0.25) is 10.0 Å². The molecule has 2 heterocycles. The van der Waals surface area contributed by atoms with Crippen LogP contribution in [-0.2, 0) is 30.2 Å². The van der Waals surface area contributed by atoms with Crippen LogP contribution in [-0.4, -0.2) is 28.3 Å². The van der Waals surface area contributed by atoms with Gasteiger partial charge in [-0.25, -0.2) is 13.1 Å². The predicted molar refractivity (Wildman–Crippen MR) is 64.4 cm³/mol. The molecule has 0 amide bonds. The molecule has 0 aliphatic rings. The lowest BCUT2D eigenvalue weighted by molar-refractivity contribution is 0.244. The summed E-state index contributed by atoms with van der Waals surface area (Å²) in [5.74, 6) is 0.929. The van der Waals surface area contributed by atoms with Crippen molar-refractivity contribution in [3.05, 3.63) is 29.7 Å². The van der Waals surface area contributed by atoms with Crippen molar-refractivity contribution in [2.24, 2.45) is 7.05 Å². The number of aryl methyl sites for hydroxylation is 2. The van der Waals surface area contributed by atoms with Crippen LogP contribution in [0.3, 0.4) is 0 Å². The molecule has 104 valence electrons. The van der Waals surface area contributed by atoms with E-state index in [1.54, 1.807) is 11.6 Å². The van der Waals surface area contributed by atoms with E-state index in [1.807, 2.05) is 0 Å². The summed E-state index contributed by atoms with van der Waals surface area (Å²) in [6.45, 7) is 1.20. The maximum atomic E-state index is 12.1. The average molecular weight is 286 g/mol. The first-order valence-corrected chi connectivity index (χ1v) is 6.95. The molecule has 2 N–H and O–H groups in total. The molecule has 0 saturated heterocycles. The molecule has 8 nitrogen and oxygen atoms in total. The Kier molecular flexibility index (Phi) is 3.69. The Labute approximate surface area is 110 Å². The zero-order valence-corrected chi connectivity index (χ0v) is 11.3. The molecule has 2 aromatic rings. The van der Waals surface area contributed by atoms with Crippen molar-refractivity contribution >= 4 is 10.0 Å². The van der Waals surface area contributed by atoms with Crippen molar-refractivity contribution in [3.8, 4) is 0 Å². The van der Waals surface area contributed by atoms with Crippen molar-refractivity contribution < 1.29 is 17.9 Å². The highest BCUT2D eigenvalue weighted by Crippen LogP contribution is 2.19. The highest BCUT2D eigenvalue weighted by molar-refractivity contribution is 7.89. The fourth-order valence-corrected chi connectivity index (χ4v) is 2.75. The molecule has 9 heteroatoms. The third-order valence-electron chi connectivity index (χ3n) is 2.59. The normalized spacial score (nSPS) is 11.9. The largest absolute Gasteiger partial charge is 0.462 e. The molecule has 0 fully saturated rings. The second kappa shape index (κ2) is 5.11. The summed E-state index contributed by atoms with van der Waals surface area (Å²) < 4.78 is 33.3. The molecule has 0 aliphatic carbocycles. The van der Waals surface area contributed by atoms with Gasteiger partial charge in [0.25, 0.3) is 0 Å². The van der Waals surface area contributed by atoms with E-state index >= 15 is 0 Å². The first kappa shape index (κ1) is 13.7. The summed E-state index contributed by atoms with van der Waals surface area (Å²) in [6.07, 6.45) is 1.48. The SMILES string of the molecule is Cc1oc(CO)cc1S(=O)(=O)NCc1nncn1C. The summed E-state index contributed by atoms with van der Waals surface area (Å²) in [5, 5.41) is 16.4. The minimum Gasteiger partial charge on any atom is -0.462 e. The third-order valence-corrected chi connectivity index (χ3v) is 4.10. The molecule has 0 radical (unpaired) electrons. The van der Waals surface area contributed by atoms with Crippen LogP contribution in [0, 0.1) is 6.92 Å². The Morgan fingerprint density at radius 1 is 1.53 bits per heavy atom. The van der Waals surface area contributed by atoms with Gasteiger partial charge in [-0.05, 0) is 6.92 Å².